The SMILES string of the molecule is Nc1c(N=Nc2ccc3c(O)c(N=Nc4ccc(N=Nc5c(C(=O)O)[nH]n(-c6cc(C(=O)O)ccc6C(=O)O)c5=O)c(S(=O)(=O)O)c4)c(S(=O)(=O)O)cc3c2S(=O)(=O)O)cc(S(=O)(=O)O)c2ccc(N=Nc3ccc([N+](=O)[O-])cc3S(=O)(=O)O)c(O)c12. The highest BCUT2D eigenvalue weighted by atomic mass is 32.2. The van der Waals surface area contributed by atoms with Crippen LogP contribution in [0, 0.1) is 10.1 Å². The second-order valence-electron chi connectivity index (χ2n) is 17.1. The predicted octanol–water partition coefficient (Wildman–Crippen LogP) is 7.36. The Balaban J connectivity index is 1.20. The van der Waals surface area contributed by atoms with E-state index in [4.69, 9.17) is 5.73 Å². The van der Waals surface area contributed by atoms with Gasteiger partial charge in [-0.25, -0.2) is 19.1 Å². The van der Waals surface area contributed by atoms with Gasteiger partial charge in [0.25, 0.3) is 61.8 Å². The average Bonchev–Trinajstić information content (AvgIpc) is 1.46. The van der Waals surface area contributed by atoms with Crippen molar-refractivity contribution in [3.05, 3.63) is 128 Å². The molecule has 8 rings (SSSR count). The molecule has 0 spiro atoms. The number of aromatic nitrogens is 2. The number of azo groups is 4. The molecule has 13 N–H and O–H groups in total. The van der Waals surface area contributed by atoms with E-state index >= 15 is 0 Å². The van der Waals surface area contributed by atoms with Gasteiger partial charge in [-0.05, 0) is 72.8 Å². The number of hydrogen-bond acceptors (Lipinski definition) is 27. The van der Waals surface area contributed by atoms with Gasteiger partial charge >= 0.3 is 17.9 Å². The van der Waals surface area contributed by atoms with Crippen LogP contribution in [0.2, 0.25) is 0 Å². The minimum atomic E-state index is -5.72. The molecule has 0 saturated carbocycles. The number of anilines is 1. The molecule has 0 fully saturated rings. The highest BCUT2D eigenvalue weighted by Gasteiger charge is 2.31. The van der Waals surface area contributed by atoms with Crippen molar-refractivity contribution < 1.29 is 110 Å². The van der Waals surface area contributed by atoms with Crippen LogP contribution < -0.4 is 11.3 Å². The van der Waals surface area contributed by atoms with E-state index in [1.807, 2.05) is 5.10 Å². The Labute approximate surface area is 480 Å². The number of benzene rings is 7. The van der Waals surface area contributed by atoms with E-state index in [0.29, 0.717) is 42.5 Å². The number of nitro benzene ring substituents is 1. The lowest BCUT2D eigenvalue weighted by molar-refractivity contribution is -0.385. The summed E-state index contributed by atoms with van der Waals surface area (Å²) in [6.07, 6.45) is 0. The van der Waals surface area contributed by atoms with Gasteiger partial charge in [0.1, 0.15) is 58.6 Å². The minimum absolute atomic E-state index is 0.282. The number of aromatic hydroxyl groups is 2. The first-order valence-corrected chi connectivity index (χ1v) is 29.6. The maximum Gasteiger partial charge on any atom is 0.356 e. The number of phenols is 2. The molecule has 43 heteroatoms. The van der Waals surface area contributed by atoms with E-state index in [-0.39, 0.29) is 4.68 Å². The molecule has 38 nitrogen and oxygen atoms in total. The fourth-order valence-electron chi connectivity index (χ4n) is 7.92. The second kappa shape index (κ2) is 22.3. The molecule has 0 atom stereocenters. The van der Waals surface area contributed by atoms with Gasteiger partial charge in [0.2, 0.25) is 0 Å². The van der Waals surface area contributed by atoms with Crippen LogP contribution in [0.1, 0.15) is 31.2 Å². The third kappa shape index (κ3) is 12.4. The Bertz CT molecular complexity index is 5220. The van der Waals surface area contributed by atoms with Crippen LogP contribution in [0.3, 0.4) is 0 Å². The van der Waals surface area contributed by atoms with E-state index in [1.165, 1.54) is 0 Å². The van der Waals surface area contributed by atoms with E-state index in [1.54, 1.807) is 0 Å². The molecule has 1 heterocycles. The lowest BCUT2D eigenvalue weighted by atomic mass is 10.1. The first kappa shape index (κ1) is 62.3. The molecule has 0 saturated heterocycles. The molecule has 8 aromatic rings. The fourth-order valence-corrected chi connectivity index (χ4v) is 11.4. The van der Waals surface area contributed by atoms with E-state index in [0.717, 1.165) is 48.5 Å². The zero-order valence-electron chi connectivity index (χ0n) is 41.8. The van der Waals surface area contributed by atoms with Crippen molar-refractivity contribution in [1.82, 2.24) is 9.78 Å². The average molecular weight is 1300 g/mol. The van der Waals surface area contributed by atoms with Gasteiger partial charge in [-0.2, -0.15) is 47.2 Å². The number of hydrogen-bond donors (Lipinski definition) is 12. The van der Waals surface area contributed by atoms with Crippen LogP contribution in [0.15, 0.2) is 161 Å². The summed E-state index contributed by atoms with van der Waals surface area (Å²) in [6, 6.07) is 10.3. The predicted molar refractivity (Wildman–Crippen MR) is 288 cm³/mol. The molecule has 0 unspecified atom stereocenters. The largest absolute Gasteiger partial charge is 0.505 e. The lowest BCUT2D eigenvalue weighted by Crippen LogP contribution is -2.18. The van der Waals surface area contributed by atoms with Crippen molar-refractivity contribution in [2.24, 2.45) is 40.9 Å². The van der Waals surface area contributed by atoms with E-state index in [9.17, 15) is 120 Å². The van der Waals surface area contributed by atoms with Gasteiger partial charge < -0.3 is 31.3 Å². The van der Waals surface area contributed by atoms with Crippen LogP contribution in [0.5, 0.6) is 11.5 Å². The summed E-state index contributed by atoms with van der Waals surface area (Å²) in [4.78, 5) is 53.0. The van der Waals surface area contributed by atoms with Crippen molar-refractivity contribution in [1.29, 1.82) is 0 Å². The van der Waals surface area contributed by atoms with Crippen LogP contribution in [-0.2, 0) is 50.6 Å². The molecule has 0 aliphatic carbocycles. The van der Waals surface area contributed by atoms with Crippen molar-refractivity contribution in [3.63, 3.8) is 0 Å². The summed E-state index contributed by atoms with van der Waals surface area (Å²) in [6.45, 7) is 0. The lowest BCUT2D eigenvalue weighted by Gasteiger charge is -2.13. The number of aromatic carboxylic acids is 3. The number of carboxylic acids is 3. The Kier molecular flexibility index (Phi) is 16.0. The summed E-state index contributed by atoms with van der Waals surface area (Å²) in [5, 5.41) is 90.7. The van der Waals surface area contributed by atoms with Crippen LogP contribution in [0.25, 0.3) is 27.2 Å². The maximum atomic E-state index is 13.5. The van der Waals surface area contributed by atoms with Crippen molar-refractivity contribution >= 4 is 147 Å². The number of nitro groups is 1. The summed E-state index contributed by atoms with van der Waals surface area (Å²) in [5.74, 6) is -7.67. The van der Waals surface area contributed by atoms with Crippen molar-refractivity contribution in [2.75, 3.05) is 5.73 Å². The molecule has 450 valence electrons. The number of nitrogens with zero attached hydrogens (tertiary/aromatic N) is 10. The van der Waals surface area contributed by atoms with Crippen molar-refractivity contribution in [2.45, 2.75) is 24.5 Å². The molecule has 0 aliphatic rings. The standard InChI is InChI=1S/C44H28N12O26S5/c45-34-27(15-29(83(68,69)70)21-6-9-25(39(58)33(21)34)49-47-24-8-3-18(56(66)67)13-31(24)85(74,75)76)51-50-26-10-5-19-22(40(26)87(80,81)82)14-32(86(77,78)79)35(38(19)57)52-46-17-2-7-23(30(12-17)84(71,72)73)48-53-36-37(44(64)65)54-55(41(36)59)28-11-16(42(60)61)1-4-20(28)43(62)63/h1-15,54,57-58H,45H2,(H,60,61)(H,62,63)(H,64,65)(H,68,69,70)(H,71,72,73)(H,74,75,76)(H,77,78,79)(H,80,81,82). The molecular weight excluding hydrogens is 1270 g/mol. The molecule has 0 radical (unpaired) electrons. The van der Waals surface area contributed by atoms with Gasteiger partial charge in [0.15, 0.2) is 22.9 Å². The number of aromatic amines is 1. The summed E-state index contributed by atoms with van der Waals surface area (Å²) < 4.78 is 178. The van der Waals surface area contributed by atoms with Gasteiger partial charge in [0.05, 0.1) is 38.5 Å². The Morgan fingerprint density at radius 3 is 1.61 bits per heavy atom. The van der Waals surface area contributed by atoms with Gasteiger partial charge in [-0.1, -0.05) is 6.07 Å². The highest BCUT2D eigenvalue weighted by Crippen LogP contribution is 2.48. The molecular formula is C44H28N12O26S5. The van der Waals surface area contributed by atoms with Crippen LogP contribution >= 0.6 is 0 Å². The number of H-pyrrole nitrogens is 1. The number of phenolic OH excluding ortho intramolecular Hbond substituents is 2. The third-order valence-corrected chi connectivity index (χ3v) is 16.2. The van der Waals surface area contributed by atoms with Gasteiger partial charge in [0, 0.05) is 28.3 Å². The fraction of sp³-hybridized carbons (Fsp3) is 0. The quantitative estimate of drug-likeness (QED) is 0.0131. The summed E-state index contributed by atoms with van der Waals surface area (Å²) in [5.41, 5.74) is -7.03. The van der Waals surface area contributed by atoms with Crippen LogP contribution in [0.4, 0.5) is 56.9 Å². The normalized spacial score (nSPS) is 12.8. The monoisotopic (exact) mass is 1300 g/mol. The minimum Gasteiger partial charge on any atom is -0.505 e. The van der Waals surface area contributed by atoms with Gasteiger partial charge in [-0.15, -0.1) is 35.8 Å². The number of carboxylic acid groups (broad SMARTS) is 3. The Hall–Kier alpha value is -10.8. The molecule has 0 amide bonds. The first-order chi connectivity index (χ1) is 40.3. The van der Waals surface area contributed by atoms with E-state index in [2.05, 4.69) is 40.9 Å². The second-order valence-corrected chi connectivity index (χ2v) is 24.0. The van der Waals surface area contributed by atoms with Crippen molar-refractivity contribution in [3.8, 4) is 17.2 Å². The molecule has 0 bridgehead atoms. The Morgan fingerprint density at radius 2 is 1.03 bits per heavy atom. The highest BCUT2D eigenvalue weighted by molar-refractivity contribution is 7.87. The number of fused-ring (bicyclic) bond motifs is 2. The molecule has 0 aliphatic heterocycles. The molecule has 1 aromatic heterocycles. The first-order valence-electron chi connectivity index (χ1n) is 22.4. The molecule has 87 heavy (non-hydrogen) atoms. The number of rotatable bonds is 18. The number of nitrogen functional groups attached to an aromatic ring is 1. The summed E-state index contributed by atoms with van der Waals surface area (Å²) in [7, 11) is -27.5. The third-order valence-electron chi connectivity index (χ3n) is 11.7. The smallest absolute Gasteiger partial charge is 0.356 e. The zero-order chi connectivity index (χ0) is 64.4. The zero-order valence-corrected chi connectivity index (χ0v) is 45.8. The number of carbonyl (C=O) groups is 3. The maximum absolute atomic E-state index is 13.5. The van der Waals surface area contributed by atoms with Gasteiger partial charge in [-0.3, -0.25) is 42.8 Å². The topological polar surface area (TPSA) is 630 Å². The number of nitrogens with one attached hydrogen (secondary N) is 1. The molecule has 7 aromatic carbocycles. The number of non-ortho nitro benzene ring substituents is 1. The van der Waals surface area contributed by atoms with Crippen LogP contribution in [-0.4, -0.2) is 123 Å². The number of nitrogens with two attached hydrogens (primary N) is 1. The summed E-state index contributed by atoms with van der Waals surface area (Å²) >= 11 is 0. The Morgan fingerprint density at radius 1 is 0.506 bits per heavy atom. The van der Waals surface area contributed by atoms with E-state index < -0.39 is 216 Å².